The van der Waals surface area contributed by atoms with Crippen molar-refractivity contribution in [2.75, 3.05) is 0 Å². The van der Waals surface area contributed by atoms with Gasteiger partial charge in [0.1, 0.15) is 11.6 Å². The first-order valence-electron chi connectivity index (χ1n) is 42.5. The van der Waals surface area contributed by atoms with Gasteiger partial charge in [-0.1, -0.05) is 421 Å². The Kier molecular flexibility index (Phi) is 21.4. The molecule has 0 heterocycles. The molecule has 1 spiro atoms. The molecule has 119 heavy (non-hydrogen) atoms. The predicted octanol–water partition coefficient (Wildman–Crippen LogP) is 31.1. The van der Waals surface area contributed by atoms with Gasteiger partial charge in [0.2, 0.25) is 0 Å². The summed E-state index contributed by atoms with van der Waals surface area (Å²) in [5.41, 5.74) is 43.1. The summed E-state index contributed by atoms with van der Waals surface area (Å²) in [6.45, 7) is 24.0. The topological polar surface area (TPSA) is 0 Å². The summed E-state index contributed by atoms with van der Waals surface area (Å²) >= 11 is 0. The highest BCUT2D eigenvalue weighted by molar-refractivity contribution is 5.89. The Bertz CT molecular complexity index is 6320. The van der Waals surface area contributed by atoms with Crippen LogP contribution in [0.15, 0.2) is 370 Å². The van der Waals surface area contributed by atoms with Crippen molar-refractivity contribution in [2.24, 2.45) is 0 Å². The van der Waals surface area contributed by atoms with Crippen molar-refractivity contribution < 1.29 is 8.78 Å². The minimum atomic E-state index is -0.263. The van der Waals surface area contributed by atoms with Gasteiger partial charge in [0.15, 0.2) is 0 Å². The molecule has 1 fully saturated rings. The molecule has 0 bridgehead atoms. The van der Waals surface area contributed by atoms with E-state index in [2.05, 4.69) is 354 Å². The molecular weight excluding hydrogens is 1440 g/mol. The fourth-order valence-electron chi connectivity index (χ4n) is 20.5. The van der Waals surface area contributed by atoms with Crippen molar-refractivity contribution in [3.8, 4) is 77.9 Å². The lowest BCUT2D eigenvalue weighted by Crippen LogP contribution is -2.28. The van der Waals surface area contributed by atoms with Gasteiger partial charge in [-0.3, -0.25) is 0 Å². The van der Waals surface area contributed by atoms with Crippen LogP contribution in [0.5, 0.6) is 0 Å². The van der Waals surface area contributed by atoms with Crippen molar-refractivity contribution in [1.29, 1.82) is 0 Å². The van der Waals surface area contributed by atoms with Crippen LogP contribution in [-0.2, 0) is 27.1 Å². The van der Waals surface area contributed by atoms with Crippen LogP contribution >= 0.6 is 0 Å². The first kappa shape index (κ1) is 78.9. The Morgan fingerprint density at radius 3 is 1.05 bits per heavy atom. The summed E-state index contributed by atoms with van der Waals surface area (Å²) in [5.74, 6) is -0.313. The van der Waals surface area contributed by atoms with Crippen molar-refractivity contribution in [2.45, 2.75) is 135 Å². The molecule has 1 saturated carbocycles. The molecule has 1 unspecified atom stereocenters. The van der Waals surface area contributed by atoms with E-state index in [0.29, 0.717) is 11.0 Å². The van der Waals surface area contributed by atoms with Crippen LogP contribution in [0.25, 0.3) is 77.9 Å². The predicted molar refractivity (Wildman–Crippen MR) is 497 cm³/mol. The molecule has 0 aliphatic heterocycles. The number of fused-ring (bicyclic) bond motifs is 17. The molecule has 1 atom stereocenters. The Labute approximate surface area is 704 Å². The molecule has 22 rings (SSSR count). The maximum atomic E-state index is 14.2. The average molecular weight is 1550 g/mol. The van der Waals surface area contributed by atoms with Gasteiger partial charge < -0.3 is 0 Å². The highest BCUT2D eigenvalue weighted by Gasteiger charge is 2.47. The molecule has 2 heteroatoms. The number of hydrogen-bond donors (Lipinski definition) is 0. The van der Waals surface area contributed by atoms with E-state index < -0.39 is 0 Å². The third-order valence-electron chi connectivity index (χ3n) is 26.6. The van der Waals surface area contributed by atoms with Crippen LogP contribution in [0.1, 0.15) is 172 Å². The lowest BCUT2D eigenvalue weighted by Gasteiger charge is -2.36. The Morgan fingerprint density at radius 1 is 0.218 bits per heavy atom. The highest BCUT2D eigenvalue weighted by atomic mass is 19.1. The molecule has 0 amide bonds. The first-order chi connectivity index (χ1) is 57.7. The number of benzene rings is 16. The van der Waals surface area contributed by atoms with Gasteiger partial charge in [-0.25, -0.2) is 8.78 Å². The summed E-state index contributed by atoms with van der Waals surface area (Å²) in [5, 5.41) is 0. The SMILES string of the molecule is Cc1c(F)cc(-c2ccccc2)cc1-c1ccccc1.Cc1ccc2c(c1)C(C)(C)c1cc(F)ccc1-2.Cc1ccc2c(c1)C(C)(C)c1ccccc1-2.Cc1ccc2c(c1)C(C)(c1ccccc1)c1ccccc1-2.Cc1ccc2c(c1)C(c1ccccc1)(c1ccccc1)c1ccccc1-2.Cc1ccc2c(c1)C1(CCCCC1)c1ccccc1-2. The molecule has 16 aromatic carbocycles. The first-order valence-corrected chi connectivity index (χ1v) is 42.5. The standard InChI is InChI=1S/C26H20.C21H18.C19H15F.C19H20.C16H15F.C16H16/c1-19-16-17-23-22-14-8-9-15-24(22)26(25(23)18-19,20-10-4-2-5-11-20)21-12-6-3-7-13-21;1-15-12-13-18-17-10-6-7-11-19(17)21(2,20(18)14-15)16-8-4-3-5-9-16;1-14-18(16-10-6-3-7-11-16)12-17(13-19(14)20)15-8-4-2-5-9-15;1-14-9-10-16-15-7-3-4-8-17(15)19(18(16)13-14)11-5-2-6-12-19;1-10-4-6-12-13-7-5-11(17)9-15(13)16(2,3)14(12)8-10;1-11-8-9-13-12-6-4-5-7-14(12)16(2,3)15(13)10-11/h2-18H,1H3;3-14H,1-2H3;2-13H,1H3;3-4,7-10,13H,2,5-6,11-12H2,1H3;4-9H,1-3H3;4-10H,1-3H3. The molecule has 16 aromatic rings. The number of hydrogen-bond acceptors (Lipinski definition) is 0. The van der Waals surface area contributed by atoms with Crippen LogP contribution in [0.4, 0.5) is 8.78 Å². The quantitative estimate of drug-likeness (QED) is 0.161. The molecule has 0 radical (unpaired) electrons. The van der Waals surface area contributed by atoms with Gasteiger partial charge >= 0.3 is 0 Å². The second-order valence-corrected chi connectivity index (χ2v) is 34.8. The molecule has 586 valence electrons. The van der Waals surface area contributed by atoms with E-state index in [-0.39, 0.29) is 33.3 Å². The van der Waals surface area contributed by atoms with Crippen molar-refractivity contribution in [3.63, 3.8) is 0 Å². The Balaban J connectivity index is 0.000000103. The molecule has 6 aliphatic rings. The van der Waals surface area contributed by atoms with Gasteiger partial charge in [-0.05, 0) is 241 Å². The molecule has 0 N–H and O–H groups in total. The van der Waals surface area contributed by atoms with Crippen LogP contribution in [-0.4, -0.2) is 0 Å². The van der Waals surface area contributed by atoms with Gasteiger partial charge in [-0.2, -0.15) is 0 Å². The third kappa shape index (κ3) is 14.2. The van der Waals surface area contributed by atoms with Crippen LogP contribution in [0, 0.1) is 53.2 Å². The van der Waals surface area contributed by atoms with E-state index in [1.807, 2.05) is 73.7 Å². The number of halogens is 2. The fraction of sp³-hybridized carbons (Fsp3) is 0.179. The van der Waals surface area contributed by atoms with E-state index in [4.69, 9.17) is 0 Å². The highest BCUT2D eigenvalue weighted by Crippen LogP contribution is 2.59. The number of aryl methyl sites for hydroxylation is 5. The van der Waals surface area contributed by atoms with E-state index in [0.717, 1.165) is 27.8 Å². The Hall–Kier alpha value is -12.6. The summed E-state index contributed by atoms with van der Waals surface area (Å²) in [6.07, 6.45) is 6.83. The lowest BCUT2D eigenvalue weighted by atomic mass is 9.67. The molecule has 0 aromatic heterocycles. The van der Waals surface area contributed by atoms with E-state index in [9.17, 15) is 8.78 Å². The van der Waals surface area contributed by atoms with Gasteiger partial charge in [0.05, 0.1) is 5.41 Å². The minimum absolute atomic E-state index is 0.0563. The maximum Gasteiger partial charge on any atom is 0.127 e. The average Bonchev–Trinajstić information content (AvgIpc) is 1.55. The van der Waals surface area contributed by atoms with Crippen molar-refractivity contribution in [1.82, 2.24) is 0 Å². The third-order valence-corrected chi connectivity index (χ3v) is 26.6. The fourth-order valence-corrected chi connectivity index (χ4v) is 20.5. The zero-order valence-electron chi connectivity index (χ0n) is 70.5. The van der Waals surface area contributed by atoms with Crippen LogP contribution < -0.4 is 0 Å². The largest absolute Gasteiger partial charge is 0.207 e. The van der Waals surface area contributed by atoms with Gasteiger partial charge in [0.25, 0.3) is 0 Å². The normalized spacial score (nSPS) is 15.6. The van der Waals surface area contributed by atoms with E-state index in [1.54, 1.807) is 29.3 Å². The second kappa shape index (κ2) is 32.4. The molecule has 0 saturated heterocycles. The second-order valence-electron chi connectivity index (χ2n) is 34.8. The number of rotatable bonds is 5. The van der Waals surface area contributed by atoms with Crippen LogP contribution in [0.3, 0.4) is 0 Å². The summed E-state index contributed by atoms with van der Waals surface area (Å²) in [4.78, 5) is 0. The zero-order chi connectivity index (χ0) is 82.4. The molecule has 0 nitrogen and oxygen atoms in total. The van der Waals surface area contributed by atoms with Gasteiger partial charge in [0, 0.05) is 21.7 Å². The molecule has 6 aliphatic carbocycles. The van der Waals surface area contributed by atoms with Crippen molar-refractivity contribution in [3.05, 3.63) is 487 Å². The smallest absolute Gasteiger partial charge is 0.127 e. The summed E-state index contributed by atoms with van der Waals surface area (Å²) in [7, 11) is 0. The zero-order valence-corrected chi connectivity index (χ0v) is 70.5. The van der Waals surface area contributed by atoms with E-state index >= 15 is 0 Å². The monoisotopic (exact) mass is 1550 g/mol. The lowest BCUT2D eigenvalue weighted by molar-refractivity contribution is 0.352. The minimum Gasteiger partial charge on any atom is -0.207 e. The van der Waals surface area contributed by atoms with E-state index in [1.165, 1.54) is 171 Å². The van der Waals surface area contributed by atoms with Crippen molar-refractivity contribution >= 4 is 0 Å². The molecular formula is C117H104F2. The summed E-state index contributed by atoms with van der Waals surface area (Å²) < 4.78 is 27.6. The van der Waals surface area contributed by atoms with Crippen LogP contribution in [0.2, 0.25) is 0 Å². The summed E-state index contributed by atoms with van der Waals surface area (Å²) in [6, 6.07) is 131. The van der Waals surface area contributed by atoms with Gasteiger partial charge in [-0.15, -0.1) is 0 Å². The Morgan fingerprint density at radius 2 is 0.546 bits per heavy atom. The maximum absolute atomic E-state index is 14.2.